The summed E-state index contributed by atoms with van der Waals surface area (Å²) in [5.74, 6) is 0. The third-order valence-corrected chi connectivity index (χ3v) is 1.85. The van der Waals surface area contributed by atoms with Crippen molar-refractivity contribution >= 4 is 12.1 Å². The van der Waals surface area contributed by atoms with E-state index < -0.39 is 11.7 Å². The average molecular weight is 203 g/mol. The summed E-state index contributed by atoms with van der Waals surface area (Å²) in [6.45, 7) is 1.31. The van der Waals surface area contributed by atoms with Crippen molar-refractivity contribution in [2.75, 3.05) is 5.32 Å². The van der Waals surface area contributed by atoms with Gasteiger partial charge < -0.3 is 5.32 Å². The summed E-state index contributed by atoms with van der Waals surface area (Å²) >= 11 is 0. The lowest BCUT2D eigenvalue weighted by Gasteiger charge is -2.12. The minimum Gasteiger partial charge on any atom is -0.328 e. The van der Waals surface area contributed by atoms with Crippen LogP contribution in [0.5, 0.6) is 0 Å². The van der Waals surface area contributed by atoms with E-state index in [2.05, 4.69) is 5.32 Å². The molecular weight excluding hydrogens is 195 g/mol. The first-order chi connectivity index (χ1) is 6.46. The highest BCUT2D eigenvalue weighted by atomic mass is 19.4. The Bertz CT molecular complexity index is 346. The van der Waals surface area contributed by atoms with Crippen LogP contribution >= 0.6 is 0 Å². The van der Waals surface area contributed by atoms with Gasteiger partial charge in [-0.05, 0) is 24.6 Å². The maximum atomic E-state index is 12.4. The van der Waals surface area contributed by atoms with E-state index in [1.54, 1.807) is 0 Å². The highest BCUT2D eigenvalue weighted by molar-refractivity contribution is 5.74. The van der Waals surface area contributed by atoms with Crippen LogP contribution in [0.25, 0.3) is 0 Å². The Balaban J connectivity index is 3.20. The normalized spacial score (nSPS) is 11.1. The van der Waals surface area contributed by atoms with E-state index in [0.29, 0.717) is 6.41 Å². The van der Waals surface area contributed by atoms with E-state index in [4.69, 9.17) is 0 Å². The average Bonchev–Trinajstić information content (AvgIpc) is 2.07. The van der Waals surface area contributed by atoms with Gasteiger partial charge in [0.25, 0.3) is 0 Å². The number of benzene rings is 1. The van der Waals surface area contributed by atoms with Gasteiger partial charge in [-0.15, -0.1) is 0 Å². The van der Waals surface area contributed by atoms with Gasteiger partial charge in [-0.2, -0.15) is 13.2 Å². The van der Waals surface area contributed by atoms with Crippen LogP contribution in [0, 0.1) is 6.92 Å². The first-order valence-electron chi connectivity index (χ1n) is 3.84. The van der Waals surface area contributed by atoms with Crippen LogP contribution in [0.2, 0.25) is 0 Å². The molecule has 0 fully saturated rings. The molecule has 0 spiro atoms. The fraction of sp³-hybridized carbons (Fsp3) is 0.222. The van der Waals surface area contributed by atoms with Crippen LogP contribution < -0.4 is 5.32 Å². The molecule has 0 saturated heterocycles. The Hall–Kier alpha value is -1.52. The second kappa shape index (κ2) is 3.69. The molecule has 5 heteroatoms. The molecule has 0 radical (unpaired) electrons. The molecular formula is C9H8F3NO. The number of hydrogen-bond acceptors (Lipinski definition) is 1. The quantitative estimate of drug-likeness (QED) is 0.735. The van der Waals surface area contributed by atoms with Gasteiger partial charge in [0.1, 0.15) is 0 Å². The molecule has 0 aliphatic heterocycles. The van der Waals surface area contributed by atoms with Gasteiger partial charge in [0, 0.05) is 5.69 Å². The maximum Gasteiger partial charge on any atom is 0.416 e. The molecule has 76 valence electrons. The molecule has 1 aromatic rings. The number of carbonyl (C=O) groups excluding carboxylic acids is 1. The van der Waals surface area contributed by atoms with Gasteiger partial charge >= 0.3 is 6.18 Å². The molecule has 0 aliphatic rings. The predicted octanol–water partition coefficient (Wildman–Crippen LogP) is 2.58. The Morgan fingerprint density at radius 3 is 2.50 bits per heavy atom. The molecule has 1 N–H and O–H groups in total. The van der Waals surface area contributed by atoms with Crippen molar-refractivity contribution in [1.29, 1.82) is 0 Å². The highest BCUT2D eigenvalue weighted by Crippen LogP contribution is 2.34. The number of rotatable bonds is 2. The highest BCUT2D eigenvalue weighted by Gasteiger charge is 2.32. The van der Waals surface area contributed by atoms with E-state index in [1.807, 2.05) is 0 Å². The molecule has 0 bridgehead atoms. The molecule has 0 unspecified atom stereocenters. The first-order valence-corrected chi connectivity index (χ1v) is 3.84. The fourth-order valence-electron chi connectivity index (χ4n) is 1.16. The van der Waals surface area contributed by atoms with Crippen LogP contribution in [-0.2, 0) is 11.0 Å². The van der Waals surface area contributed by atoms with E-state index in [-0.39, 0.29) is 11.3 Å². The molecule has 2 nitrogen and oxygen atoms in total. The third kappa shape index (κ3) is 2.04. The lowest BCUT2D eigenvalue weighted by atomic mass is 10.1. The molecule has 1 aromatic carbocycles. The first kappa shape index (κ1) is 10.6. The Kier molecular flexibility index (Phi) is 2.78. The monoisotopic (exact) mass is 203 g/mol. The summed E-state index contributed by atoms with van der Waals surface area (Å²) in [6, 6.07) is 3.64. The zero-order valence-corrected chi connectivity index (χ0v) is 7.35. The largest absolute Gasteiger partial charge is 0.416 e. The molecule has 0 aromatic heterocycles. The van der Waals surface area contributed by atoms with E-state index >= 15 is 0 Å². The standard InChI is InChI=1S/C9H8F3NO/c1-6-7(9(10,11)12)3-2-4-8(6)13-5-14/h2-5H,1H3,(H,13,14). The van der Waals surface area contributed by atoms with Crippen molar-refractivity contribution in [3.8, 4) is 0 Å². The molecule has 14 heavy (non-hydrogen) atoms. The lowest BCUT2D eigenvalue weighted by molar-refractivity contribution is -0.138. The van der Waals surface area contributed by atoms with Gasteiger partial charge in [-0.1, -0.05) is 6.07 Å². The van der Waals surface area contributed by atoms with Crippen LogP contribution in [0.15, 0.2) is 18.2 Å². The van der Waals surface area contributed by atoms with Crippen LogP contribution in [0.1, 0.15) is 11.1 Å². The second-order valence-electron chi connectivity index (χ2n) is 2.74. The molecule has 0 saturated carbocycles. The SMILES string of the molecule is Cc1c(NC=O)cccc1C(F)(F)F. The molecule has 1 rings (SSSR count). The van der Waals surface area contributed by atoms with Crippen LogP contribution in [-0.4, -0.2) is 6.41 Å². The Labute approximate surface area is 78.7 Å². The summed E-state index contributed by atoms with van der Waals surface area (Å²) < 4.78 is 37.1. The van der Waals surface area contributed by atoms with Crippen molar-refractivity contribution in [1.82, 2.24) is 0 Å². The number of anilines is 1. The van der Waals surface area contributed by atoms with Crippen molar-refractivity contribution in [2.45, 2.75) is 13.1 Å². The minimum absolute atomic E-state index is 0.0205. The zero-order valence-electron chi connectivity index (χ0n) is 7.35. The molecule has 0 heterocycles. The lowest BCUT2D eigenvalue weighted by Crippen LogP contribution is -2.09. The summed E-state index contributed by atoms with van der Waals surface area (Å²) in [4.78, 5) is 10.1. The maximum absolute atomic E-state index is 12.4. The van der Waals surface area contributed by atoms with Crippen LogP contribution in [0.3, 0.4) is 0 Å². The predicted molar refractivity (Wildman–Crippen MR) is 45.9 cm³/mol. The van der Waals surface area contributed by atoms with E-state index in [9.17, 15) is 18.0 Å². The molecule has 0 atom stereocenters. The van der Waals surface area contributed by atoms with Crippen molar-refractivity contribution in [3.05, 3.63) is 29.3 Å². The fourth-order valence-corrected chi connectivity index (χ4v) is 1.16. The summed E-state index contributed by atoms with van der Waals surface area (Å²) in [6.07, 6.45) is -4.03. The van der Waals surface area contributed by atoms with Gasteiger partial charge in [-0.25, -0.2) is 0 Å². The van der Waals surface area contributed by atoms with Gasteiger partial charge in [0.2, 0.25) is 6.41 Å². The number of hydrogen-bond donors (Lipinski definition) is 1. The van der Waals surface area contributed by atoms with Gasteiger partial charge in [0.05, 0.1) is 5.56 Å². The number of nitrogens with one attached hydrogen (secondary N) is 1. The minimum atomic E-state index is -4.38. The number of alkyl halides is 3. The zero-order chi connectivity index (χ0) is 10.8. The topological polar surface area (TPSA) is 29.1 Å². The summed E-state index contributed by atoms with van der Waals surface area (Å²) in [5.41, 5.74) is -0.536. The van der Waals surface area contributed by atoms with Gasteiger partial charge in [-0.3, -0.25) is 4.79 Å². The Morgan fingerprint density at radius 1 is 1.36 bits per heavy atom. The van der Waals surface area contributed by atoms with Crippen LogP contribution in [0.4, 0.5) is 18.9 Å². The van der Waals surface area contributed by atoms with E-state index in [1.165, 1.54) is 19.1 Å². The molecule has 0 aliphatic carbocycles. The smallest absolute Gasteiger partial charge is 0.328 e. The van der Waals surface area contributed by atoms with Crippen molar-refractivity contribution < 1.29 is 18.0 Å². The van der Waals surface area contributed by atoms with E-state index in [0.717, 1.165) is 6.07 Å². The van der Waals surface area contributed by atoms with Crippen molar-refractivity contribution in [3.63, 3.8) is 0 Å². The summed E-state index contributed by atoms with van der Waals surface area (Å²) in [5, 5.41) is 2.21. The number of halogens is 3. The molecule has 1 amide bonds. The number of amides is 1. The summed E-state index contributed by atoms with van der Waals surface area (Å²) in [7, 11) is 0. The second-order valence-corrected chi connectivity index (χ2v) is 2.74. The van der Waals surface area contributed by atoms with Crippen molar-refractivity contribution in [2.24, 2.45) is 0 Å². The Morgan fingerprint density at radius 2 is 2.00 bits per heavy atom. The number of carbonyl (C=O) groups is 1. The third-order valence-electron chi connectivity index (χ3n) is 1.85. The van der Waals surface area contributed by atoms with Gasteiger partial charge in [0.15, 0.2) is 0 Å².